The van der Waals surface area contributed by atoms with Crippen LogP contribution in [0.2, 0.25) is 10.0 Å². The molecular weight excluding hydrogens is 783 g/mol. The number of hydrogen-bond donors (Lipinski definition) is 4. The molecule has 1 aliphatic heterocycles. The number of halogens is 4. The molecule has 0 bridgehead atoms. The lowest BCUT2D eigenvalue weighted by atomic mass is 9.85. The van der Waals surface area contributed by atoms with Gasteiger partial charge in [-0.3, -0.25) is 14.5 Å². The molecule has 4 N–H and O–H groups in total. The van der Waals surface area contributed by atoms with Crippen molar-refractivity contribution in [3.8, 4) is 28.3 Å². The minimum Gasteiger partial charge on any atom is -0.481 e. The zero-order chi connectivity index (χ0) is 39.5. The van der Waals surface area contributed by atoms with E-state index >= 15 is 0 Å². The van der Waals surface area contributed by atoms with Gasteiger partial charge in [0.25, 0.3) is 0 Å². The van der Waals surface area contributed by atoms with E-state index in [-0.39, 0.29) is 30.3 Å². The van der Waals surface area contributed by atoms with E-state index in [1.807, 2.05) is 30.3 Å². The van der Waals surface area contributed by atoms with E-state index in [0.717, 1.165) is 22.5 Å². The summed E-state index contributed by atoms with van der Waals surface area (Å²) in [5, 5.41) is 20.5. The van der Waals surface area contributed by atoms with Crippen molar-refractivity contribution in [1.82, 2.24) is 30.5 Å². The molecule has 0 spiro atoms. The van der Waals surface area contributed by atoms with Crippen molar-refractivity contribution in [2.45, 2.75) is 77.2 Å². The number of fused-ring (bicyclic) bond motifs is 1. The van der Waals surface area contributed by atoms with Gasteiger partial charge >= 0.3 is 12.6 Å². The number of aliphatic carboxylic acids is 1. The quantitative estimate of drug-likeness (QED) is 0.0859. The molecule has 2 aromatic carbocycles. The molecule has 3 aromatic heterocycles. The Balaban J connectivity index is 1.11. The number of thiazole rings is 1. The fourth-order valence-electron chi connectivity index (χ4n) is 7.47. The molecule has 2 aliphatic rings. The highest BCUT2D eigenvalue weighted by Crippen LogP contribution is 2.43. The van der Waals surface area contributed by atoms with Gasteiger partial charge in [-0.15, -0.1) is 11.3 Å². The maximum Gasteiger partial charge on any atom is 0.388 e. The van der Waals surface area contributed by atoms with Crippen LogP contribution in [0.4, 0.5) is 20.3 Å². The lowest BCUT2D eigenvalue weighted by molar-refractivity contribution is -0.143. The van der Waals surface area contributed by atoms with Crippen LogP contribution in [0.3, 0.4) is 0 Å². The van der Waals surface area contributed by atoms with E-state index in [0.29, 0.717) is 105 Å². The molecule has 1 amide bonds. The Morgan fingerprint density at radius 2 is 1.79 bits per heavy atom. The first-order valence-corrected chi connectivity index (χ1v) is 20.0. The molecule has 56 heavy (non-hydrogen) atoms. The van der Waals surface area contributed by atoms with Gasteiger partial charge < -0.3 is 25.8 Å². The minimum atomic E-state index is -3.09. The molecule has 16 heteroatoms. The number of alkyl halides is 2. The maximum atomic E-state index is 13.6. The molecule has 1 atom stereocenters. The highest BCUT2D eigenvalue weighted by atomic mass is 35.5. The highest BCUT2D eigenvalue weighted by molar-refractivity contribution is 7.18. The Morgan fingerprint density at radius 3 is 2.50 bits per heavy atom. The van der Waals surface area contributed by atoms with Crippen molar-refractivity contribution in [2.75, 3.05) is 18.9 Å². The van der Waals surface area contributed by atoms with E-state index in [1.165, 1.54) is 0 Å². The maximum absolute atomic E-state index is 13.6. The predicted molar refractivity (Wildman–Crippen MR) is 215 cm³/mol. The second-order valence-electron chi connectivity index (χ2n) is 14.3. The summed E-state index contributed by atoms with van der Waals surface area (Å²) in [6, 6.07) is 14.9. The van der Waals surface area contributed by atoms with Crippen LogP contribution in [0.25, 0.3) is 32.6 Å². The summed E-state index contributed by atoms with van der Waals surface area (Å²) in [5.41, 5.74) is 4.57. The number of carboxylic acids is 1. The average molecular weight is 825 g/mol. The Bertz CT molecular complexity index is 2250. The molecular formula is C40H41Cl2F2N7O4S. The number of aryl methyl sites for hydroxylation is 1. The first-order valence-electron chi connectivity index (χ1n) is 18.4. The molecule has 0 radical (unpaired) electrons. The van der Waals surface area contributed by atoms with Crippen LogP contribution in [0.1, 0.15) is 54.7 Å². The summed E-state index contributed by atoms with van der Waals surface area (Å²) >= 11 is 15.7. The summed E-state index contributed by atoms with van der Waals surface area (Å²) in [6.07, 6.45) is 5.94. The molecule has 1 aliphatic carbocycles. The highest BCUT2D eigenvalue weighted by Gasteiger charge is 2.29. The number of amides is 1. The van der Waals surface area contributed by atoms with Gasteiger partial charge in [-0.1, -0.05) is 53.5 Å². The molecule has 4 heterocycles. The summed E-state index contributed by atoms with van der Waals surface area (Å²) in [5.74, 6) is -0.632. The summed E-state index contributed by atoms with van der Waals surface area (Å²) in [4.78, 5) is 39.3. The third kappa shape index (κ3) is 8.89. The molecule has 7 rings (SSSR count). The predicted octanol–water partition coefficient (Wildman–Crippen LogP) is 8.82. The van der Waals surface area contributed by atoms with Crippen LogP contribution in [0, 0.1) is 12.8 Å². The number of aromatic nitrogens is 3. The molecule has 0 unspecified atom stereocenters. The lowest BCUT2D eigenvalue weighted by Gasteiger charge is -2.32. The van der Waals surface area contributed by atoms with Gasteiger partial charge in [0.2, 0.25) is 11.8 Å². The van der Waals surface area contributed by atoms with Crippen molar-refractivity contribution in [2.24, 2.45) is 5.92 Å². The van der Waals surface area contributed by atoms with Crippen molar-refractivity contribution in [1.29, 1.82) is 0 Å². The van der Waals surface area contributed by atoms with Gasteiger partial charge in [0.1, 0.15) is 10.5 Å². The molecule has 2 fully saturated rings. The minimum absolute atomic E-state index is 0.000851. The molecule has 1 saturated carbocycles. The Morgan fingerprint density at radius 1 is 1.05 bits per heavy atom. The summed E-state index contributed by atoms with van der Waals surface area (Å²) in [7, 11) is 2.06. The lowest BCUT2D eigenvalue weighted by Crippen LogP contribution is -2.36. The van der Waals surface area contributed by atoms with E-state index < -0.39 is 12.6 Å². The van der Waals surface area contributed by atoms with Gasteiger partial charge in [-0.05, 0) is 69.8 Å². The largest absolute Gasteiger partial charge is 0.481 e. The second kappa shape index (κ2) is 17.3. The third-order valence-electron chi connectivity index (χ3n) is 10.5. The van der Waals surface area contributed by atoms with E-state index in [4.69, 9.17) is 32.9 Å². The van der Waals surface area contributed by atoms with Crippen molar-refractivity contribution in [3.63, 3.8) is 0 Å². The van der Waals surface area contributed by atoms with Gasteiger partial charge in [-0.2, -0.15) is 8.78 Å². The first-order chi connectivity index (χ1) is 26.9. The van der Waals surface area contributed by atoms with E-state index in [1.54, 1.807) is 42.7 Å². The third-order valence-corrected chi connectivity index (χ3v) is 12.3. The van der Waals surface area contributed by atoms with Crippen LogP contribution in [0.5, 0.6) is 5.88 Å². The number of carboxylic acid groups (broad SMARTS) is 1. The van der Waals surface area contributed by atoms with Gasteiger partial charge in [-0.25, -0.2) is 15.0 Å². The zero-order valence-corrected chi connectivity index (χ0v) is 33.1. The number of carbonyl (C=O) groups excluding carboxylic acids is 1. The van der Waals surface area contributed by atoms with Crippen molar-refractivity contribution < 1.29 is 28.2 Å². The standard InChI is InChI=1S/C40H41Cl2F2N7O4S/c1-21-17-30(49-38(55-40(43)44)28(21)19-45-18-23-11-14-32(52)47-23)27-7-3-5-25(34(27)41)26-6-4-8-29(35(26)42)48-37-36-31(15-16-46-37)56-33(50-36)20-51(2)24-12-9-22(10-13-24)39(53)54/h3-8,15-17,22-24,40,45H,9-14,18-20H2,1-2H3,(H,46,48)(H,47,52)(H,53,54)/t22?,23-,24?/m0/s1. The number of carbonyl (C=O) groups is 2. The van der Waals surface area contributed by atoms with Gasteiger partial charge in [0.05, 0.1) is 38.6 Å². The van der Waals surface area contributed by atoms with Crippen LogP contribution >= 0.6 is 34.5 Å². The molecule has 5 aromatic rings. The monoisotopic (exact) mass is 823 g/mol. The zero-order valence-electron chi connectivity index (χ0n) is 30.8. The molecule has 11 nitrogen and oxygen atoms in total. The van der Waals surface area contributed by atoms with Gasteiger partial charge in [0, 0.05) is 60.0 Å². The number of rotatable bonds is 14. The van der Waals surface area contributed by atoms with E-state index in [9.17, 15) is 23.5 Å². The Kier molecular flexibility index (Phi) is 12.3. The fourth-order valence-corrected chi connectivity index (χ4v) is 9.10. The SMILES string of the molecule is Cc1cc(-c2cccc(-c3cccc(Nc4nccc5sc(CN(C)C6CCC(C(=O)O)CC6)nc45)c3Cl)c2Cl)nc(OC(F)F)c1CNC[C@@H]1CCC(=O)N1. The van der Waals surface area contributed by atoms with Crippen molar-refractivity contribution >= 4 is 68.1 Å². The van der Waals surface area contributed by atoms with Crippen LogP contribution in [0.15, 0.2) is 54.7 Å². The summed E-state index contributed by atoms with van der Waals surface area (Å²) < 4.78 is 33.1. The van der Waals surface area contributed by atoms with Gasteiger partial charge in [0.15, 0.2) is 5.82 Å². The number of anilines is 2. The molecule has 294 valence electrons. The smallest absolute Gasteiger partial charge is 0.388 e. The van der Waals surface area contributed by atoms with E-state index in [2.05, 4.69) is 37.9 Å². The second-order valence-corrected chi connectivity index (χ2v) is 16.1. The number of pyridine rings is 2. The van der Waals surface area contributed by atoms with Crippen LogP contribution in [-0.2, 0) is 22.7 Å². The first kappa shape index (κ1) is 39.8. The number of nitrogens with one attached hydrogen (secondary N) is 3. The number of nitrogens with zero attached hydrogens (tertiary/aromatic N) is 4. The average Bonchev–Trinajstić information content (AvgIpc) is 3.79. The Labute approximate surface area is 336 Å². The number of hydrogen-bond acceptors (Lipinski definition) is 10. The number of benzene rings is 2. The van der Waals surface area contributed by atoms with Crippen molar-refractivity contribution in [3.05, 3.63) is 80.9 Å². The summed E-state index contributed by atoms with van der Waals surface area (Å²) in [6.45, 7) is 0.0493. The van der Waals surface area contributed by atoms with Crippen LogP contribution in [-0.4, -0.2) is 69.1 Å². The fraction of sp³-hybridized carbons (Fsp3) is 0.375. The normalized spacial score (nSPS) is 18.5. The van der Waals surface area contributed by atoms with Crippen LogP contribution < -0.4 is 20.7 Å². The molecule has 1 saturated heterocycles. The number of ether oxygens (including phenoxy) is 1. The Hall–Kier alpha value is -4.47. The topological polar surface area (TPSA) is 142 Å².